The van der Waals surface area contributed by atoms with Crippen molar-refractivity contribution >= 4 is 52.2 Å². The first-order valence-electron chi connectivity index (χ1n) is 12.2. The second-order valence-corrected chi connectivity index (χ2v) is 8.87. The third-order valence-electron chi connectivity index (χ3n) is 5.47. The van der Waals surface area contributed by atoms with Gasteiger partial charge in [0, 0.05) is 96.3 Å². The maximum absolute atomic E-state index is 11.9. The lowest BCUT2D eigenvalue weighted by Crippen LogP contribution is -2.11. The van der Waals surface area contributed by atoms with Crippen molar-refractivity contribution in [3.05, 3.63) is 0 Å². The Bertz CT molecular complexity index is 785. The number of Topliss-reactive ketones (excluding diaryl/α,β-unsaturated/α-hetero) is 8. The number of ketones is 8. The van der Waals surface area contributed by atoms with Crippen molar-refractivity contribution < 1.29 is 48.3 Å². The first-order chi connectivity index (χ1) is 16.9. The van der Waals surface area contributed by atoms with Gasteiger partial charge in [-0.25, -0.2) is 0 Å². The summed E-state index contributed by atoms with van der Waals surface area (Å²) in [6.07, 6.45) is -0.484. The molecule has 0 rings (SSSR count). The normalized spacial score (nSPS) is 10.5. The van der Waals surface area contributed by atoms with Crippen molar-refractivity contribution in [2.24, 2.45) is 0 Å². The number of rotatable bonds is 24. The van der Waals surface area contributed by atoms with Crippen LogP contribution in [0.4, 0.5) is 0 Å². The molecule has 10 nitrogen and oxygen atoms in total. The minimum atomic E-state index is -1.09. The van der Waals surface area contributed by atoms with Gasteiger partial charge in [-0.3, -0.25) is 38.4 Å². The maximum Gasteiger partial charge on any atom is 0.303 e. The molecule has 0 aliphatic rings. The molecule has 0 bridgehead atoms. The Morgan fingerprint density at radius 2 is 0.500 bits per heavy atom. The van der Waals surface area contributed by atoms with Gasteiger partial charge in [0.1, 0.15) is 46.3 Å². The van der Waals surface area contributed by atoms with Gasteiger partial charge >= 0.3 is 5.97 Å². The van der Waals surface area contributed by atoms with E-state index in [1.165, 1.54) is 6.92 Å². The van der Waals surface area contributed by atoms with Crippen molar-refractivity contribution in [1.29, 1.82) is 0 Å². The first-order valence-corrected chi connectivity index (χ1v) is 12.2. The highest BCUT2D eigenvalue weighted by Crippen LogP contribution is 2.09. The minimum Gasteiger partial charge on any atom is -0.481 e. The molecule has 0 aromatic heterocycles. The molecule has 0 atom stereocenters. The average Bonchev–Trinajstić information content (AvgIpc) is 2.82. The summed E-state index contributed by atoms with van der Waals surface area (Å²) < 4.78 is 0. The second kappa shape index (κ2) is 19.1. The third-order valence-corrected chi connectivity index (χ3v) is 5.47. The van der Waals surface area contributed by atoms with Crippen LogP contribution in [0.25, 0.3) is 0 Å². The highest BCUT2D eigenvalue weighted by molar-refractivity contribution is 5.93. The predicted molar refractivity (Wildman–Crippen MR) is 127 cm³/mol. The molecular formula is C26H36O10. The van der Waals surface area contributed by atoms with E-state index in [1.54, 1.807) is 0 Å². The van der Waals surface area contributed by atoms with Gasteiger partial charge < -0.3 is 9.90 Å². The smallest absolute Gasteiger partial charge is 0.303 e. The van der Waals surface area contributed by atoms with E-state index in [2.05, 4.69) is 0 Å². The maximum atomic E-state index is 11.9. The van der Waals surface area contributed by atoms with E-state index in [0.717, 1.165) is 0 Å². The Morgan fingerprint density at radius 3 is 0.667 bits per heavy atom. The van der Waals surface area contributed by atoms with Gasteiger partial charge in [-0.15, -0.1) is 0 Å². The summed E-state index contributed by atoms with van der Waals surface area (Å²) in [6, 6.07) is 0. The molecule has 0 unspecified atom stereocenters. The topological polar surface area (TPSA) is 174 Å². The number of aliphatic carboxylic acids is 1. The van der Waals surface area contributed by atoms with E-state index in [9.17, 15) is 43.2 Å². The fraction of sp³-hybridized carbons (Fsp3) is 0.654. The highest BCUT2D eigenvalue weighted by Gasteiger charge is 2.14. The molecule has 0 saturated carbocycles. The molecule has 0 aliphatic carbocycles. The van der Waals surface area contributed by atoms with Crippen molar-refractivity contribution in [1.82, 2.24) is 0 Å². The Hall–Kier alpha value is -3.17. The van der Waals surface area contributed by atoms with Crippen LogP contribution in [-0.2, 0) is 43.2 Å². The van der Waals surface area contributed by atoms with Gasteiger partial charge in [-0.1, -0.05) is 0 Å². The summed E-state index contributed by atoms with van der Waals surface area (Å²) in [5.74, 6) is -2.97. The van der Waals surface area contributed by atoms with Crippen LogP contribution < -0.4 is 0 Å². The van der Waals surface area contributed by atoms with Gasteiger partial charge in [0.2, 0.25) is 0 Å². The van der Waals surface area contributed by atoms with Crippen molar-refractivity contribution in [2.75, 3.05) is 0 Å². The summed E-state index contributed by atoms with van der Waals surface area (Å²) in [5, 5.41) is 8.51. The Balaban J connectivity index is 3.92. The molecule has 0 saturated heterocycles. The summed E-state index contributed by atoms with van der Waals surface area (Å²) in [5.41, 5.74) is 0. The van der Waals surface area contributed by atoms with Crippen LogP contribution in [-0.4, -0.2) is 57.3 Å². The molecule has 0 aliphatic heterocycles. The van der Waals surface area contributed by atoms with E-state index in [0.29, 0.717) is 0 Å². The molecule has 0 spiro atoms. The summed E-state index contributed by atoms with van der Waals surface area (Å²) in [7, 11) is 0. The number of hydrogen-bond donors (Lipinski definition) is 1. The monoisotopic (exact) mass is 508 g/mol. The quantitative estimate of drug-likeness (QED) is 0.204. The molecule has 200 valence electrons. The fourth-order valence-electron chi connectivity index (χ4n) is 3.11. The largest absolute Gasteiger partial charge is 0.481 e. The van der Waals surface area contributed by atoms with Crippen LogP contribution >= 0.6 is 0 Å². The van der Waals surface area contributed by atoms with Crippen molar-refractivity contribution in [3.63, 3.8) is 0 Å². The molecule has 0 heterocycles. The Labute approximate surface area is 210 Å². The van der Waals surface area contributed by atoms with Gasteiger partial charge in [0.15, 0.2) is 0 Å². The molecule has 36 heavy (non-hydrogen) atoms. The van der Waals surface area contributed by atoms with E-state index >= 15 is 0 Å². The summed E-state index contributed by atoms with van der Waals surface area (Å²) in [6.45, 7) is 1.39. The average molecular weight is 509 g/mol. The molecule has 0 aromatic rings. The van der Waals surface area contributed by atoms with E-state index in [4.69, 9.17) is 5.11 Å². The number of hydrogen-bond acceptors (Lipinski definition) is 9. The predicted octanol–water partition coefficient (Wildman–Crippen LogP) is 2.89. The highest BCUT2D eigenvalue weighted by atomic mass is 16.4. The Morgan fingerprint density at radius 1 is 0.333 bits per heavy atom. The molecular weight excluding hydrogens is 472 g/mol. The van der Waals surface area contributed by atoms with Gasteiger partial charge in [-0.05, 0) is 6.92 Å². The van der Waals surface area contributed by atoms with Crippen LogP contribution in [0.15, 0.2) is 0 Å². The van der Waals surface area contributed by atoms with Crippen LogP contribution in [0.2, 0.25) is 0 Å². The Kier molecular flexibility index (Phi) is 17.4. The number of carbonyl (C=O) groups is 9. The van der Waals surface area contributed by atoms with Crippen LogP contribution in [0, 0.1) is 0 Å². The summed E-state index contributed by atoms with van der Waals surface area (Å²) >= 11 is 0. The van der Waals surface area contributed by atoms with E-state index in [1.807, 2.05) is 0 Å². The molecule has 10 heteroatoms. The molecule has 0 amide bonds. The second-order valence-electron chi connectivity index (χ2n) is 8.87. The summed E-state index contributed by atoms with van der Waals surface area (Å²) in [4.78, 5) is 104. The van der Waals surface area contributed by atoms with E-state index < -0.39 is 5.97 Å². The van der Waals surface area contributed by atoms with Gasteiger partial charge in [0.25, 0.3) is 0 Å². The van der Waals surface area contributed by atoms with Gasteiger partial charge in [-0.2, -0.15) is 0 Å². The zero-order valence-electron chi connectivity index (χ0n) is 20.9. The van der Waals surface area contributed by atoms with Crippen LogP contribution in [0.5, 0.6) is 0 Å². The fourth-order valence-corrected chi connectivity index (χ4v) is 3.11. The molecule has 1 N–H and O–H groups in total. The first kappa shape index (κ1) is 32.8. The zero-order valence-corrected chi connectivity index (χ0v) is 20.9. The number of carboxylic acid groups (broad SMARTS) is 1. The van der Waals surface area contributed by atoms with Crippen molar-refractivity contribution in [2.45, 2.75) is 110 Å². The van der Waals surface area contributed by atoms with Crippen molar-refractivity contribution in [3.8, 4) is 0 Å². The number of carboxylic acids is 1. The van der Waals surface area contributed by atoms with Crippen LogP contribution in [0.3, 0.4) is 0 Å². The third kappa shape index (κ3) is 20.2. The lowest BCUT2D eigenvalue weighted by atomic mass is 10.00. The van der Waals surface area contributed by atoms with E-state index in [-0.39, 0.29) is 149 Å². The SMILES string of the molecule is CC(=O)CCC(=O)CCC(=O)CCC(=O)CCC(=O)CCC(=O)CCC(=O)CCC(=O)CCC(=O)O. The van der Waals surface area contributed by atoms with Gasteiger partial charge in [0.05, 0.1) is 6.42 Å². The minimum absolute atomic E-state index is 0.00924. The molecule has 0 radical (unpaired) electrons. The number of carbonyl (C=O) groups excluding carboxylic acids is 8. The zero-order chi connectivity index (χ0) is 27.5. The molecule has 0 aromatic carbocycles. The lowest BCUT2D eigenvalue weighted by Gasteiger charge is -2.03. The lowest BCUT2D eigenvalue weighted by molar-refractivity contribution is -0.138. The standard InChI is InChI=1S/C26H36O10/c1-18(27)2-3-19(28)4-5-20(29)6-7-21(30)8-9-22(31)10-11-23(32)12-13-24(33)14-15-25(34)16-17-26(35)36/h2-17H2,1H3,(H,35,36). The van der Waals surface area contributed by atoms with Crippen LogP contribution in [0.1, 0.15) is 110 Å². The molecule has 0 fully saturated rings.